The van der Waals surface area contributed by atoms with E-state index in [1.807, 2.05) is 0 Å². The number of carbonyl (C=O) groups excluding carboxylic acids is 3. The average molecular weight is 442 g/mol. The molecule has 168 valence electrons. The molecule has 0 fully saturated rings. The van der Waals surface area contributed by atoms with Gasteiger partial charge in [0, 0.05) is 0 Å². The third kappa shape index (κ3) is 5.63. The van der Waals surface area contributed by atoms with Crippen molar-refractivity contribution in [3.8, 4) is 5.75 Å². The molecule has 2 aromatic rings. The van der Waals surface area contributed by atoms with Gasteiger partial charge in [0.15, 0.2) is 0 Å². The molecule has 1 aliphatic heterocycles. The first kappa shape index (κ1) is 22.8. The molecule has 1 unspecified atom stereocenters. The Labute approximate surface area is 184 Å². The molecule has 0 aliphatic carbocycles. The van der Waals surface area contributed by atoms with Crippen molar-refractivity contribution in [1.29, 1.82) is 0 Å². The van der Waals surface area contributed by atoms with E-state index < -0.39 is 24.0 Å². The quantitative estimate of drug-likeness (QED) is 0.609. The van der Waals surface area contributed by atoms with Crippen LogP contribution in [0.4, 0.5) is 9.18 Å². The molecular weight excluding hydrogens is 419 g/mol. The lowest BCUT2D eigenvalue weighted by Crippen LogP contribution is -2.50. The van der Waals surface area contributed by atoms with Gasteiger partial charge < -0.3 is 24.8 Å². The van der Waals surface area contributed by atoms with Crippen molar-refractivity contribution >= 4 is 18.0 Å². The average Bonchev–Trinajstić information content (AvgIpc) is 2.77. The molecule has 32 heavy (non-hydrogen) atoms. The van der Waals surface area contributed by atoms with E-state index in [0.29, 0.717) is 0 Å². The molecule has 2 aromatic carbocycles. The largest absolute Gasteiger partial charge is 0.488 e. The summed E-state index contributed by atoms with van der Waals surface area (Å²) in [6, 6.07) is 11.2. The molecule has 1 atom stereocenters. The van der Waals surface area contributed by atoms with Crippen LogP contribution in [0.3, 0.4) is 0 Å². The molecule has 0 spiro atoms. The molecule has 0 radical (unpaired) electrons. The van der Waals surface area contributed by atoms with E-state index in [9.17, 15) is 18.8 Å². The second-order valence-corrected chi connectivity index (χ2v) is 6.92. The Morgan fingerprint density at radius 3 is 2.44 bits per heavy atom. The van der Waals surface area contributed by atoms with Crippen molar-refractivity contribution in [1.82, 2.24) is 10.6 Å². The minimum atomic E-state index is -0.698. The summed E-state index contributed by atoms with van der Waals surface area (Å²) in [6.07, 6.45) is 0. The summed E-state index contributed by atoms with van der Waals surface area (Å²) in [5.41, 5.74) is 1.23. The van der Waals surface area contributed by atoms with Gasteiger partial charge in [-0.25, -0.2) is 18.8 Å². The maximum atomic E-state index is 13.1. The number of nitrogens with one attached hydrogen (secondary N) is 2. The van der Waals surface area contributed by atoms with Gasteiger partial charge in [-0.15, -0.1) is 0 Å². The summed E-state index contributed by atoms with van der Waals surface area (Å²) in [5, 5.41) is 5.07. The molecule has 1 heterocycles. The Kier molecular flexibility index (Phi) is 7.43. The number of rotatable bonds is 8. The van der Waals surface area contributed by atoms with Crippen LogP contribution in [-0.2, 0) is 20.9 Å². The monoisotopic (exact) mass is 442 g/mol. The number of benzene rings is 2. The highest BCUT2D eigenvalue weighted by Gasteiger charge is 2.30. The zero-order valence-electron chi connectivity index (χ0n) is 17.6. The summed E-state index contributed by atoms with van der Waals surface area (Å²) in [5.74, 6) is -1.38. The zero-order chi connectivity index (χ0) is 23.1. The Bertz CT molecular complexity index is 1040. The number of hydrogen-bond acceptors (Lipinski definition) is 6. The minimum absolute atomic E-state index is 0.127. The molecule has 0 bridgehead atoms. The van der Waals surface area contributed by atoms with Gasteiger partial charge >= 0.3 is 18.0 Å². The number of amides is 2. The first-order chi connectivity index (χ1) is 15.4. The van der Waals surface area contributed by atoms with E-state index in [1.54, 1.807) is 44.2 Å². The van der Waals surface area contributed by atoms with Crippen LogP contribution in [-0.4, -0.2) is 37.2 Å². The van der Waals surface area contributed by atoms with E-state index in [2.05, 4.69) is 10.6 Å². The number of esters is 2. The zero-order valence-corrected chi connectivity index (χ0v) is 17.6. The maximum Gasteiger partial charge on any atom is 0.342 e. The summed E-state index contributed by atoms with van der Waals surface area (Å²) in [6.45, 7) is 3.25. The Morgan fingerprint density at radius 1 is 1.00 bits per heavy atom. The van der Waals surface area contributed by atoms with Crippen LogP contribution in [0.15, 0.2) is 59.8 Å². The minimum Gasteiger partial charge on any atom is -0.488 e. The number of hydrogen-bond donors (Lipinski definition) is 2. The third-order valence-electron chi connectivity index (χ3n) is 4.63. The molecule has 2 amide bonds. The molecule has 0 aromatic heterocycles. The lowest BCUT2D eigenvalue weighted by molar-refractivity contribution is -0.139. The summed E-state index contributed by atoms with van der Waals surface area (Å²) >= 11 is 0. The first-order valence-corrected chi connectivity index (χ1v) is 10.00. The molecule has 0 saturated carbocycles. The highest BCUT2D eigenvalue weighted by atomic mass is 19.1. The number of carbonyl (C=O) groups is 3. The van der Waals surface area contributed by atoms with Crippen LogP contribution in [0.5, 0.6) is 5.75 Å². The van der Waals surface area contributed by atoms with Crippen LogP contribution in [0.1, 0.15) is 29.8 Å². The smallest absolute Gasteiger partial charge is 0.342 e. The van der Waals surface area contributed by atoms with Crippen molar-refractivity contribution in [3.05, 3.63) is 76.7 Å². The number of urea groups is 1. The predicted molar refractivity (Wildman–Crippen MR) is 112 cm³/mol. The summed E-state index contributed by atoms with van der Waals surface area (Å²) in [7, 11) is 0. The first-order valence-electron chi connectivity index (χ1n) is 10.00. The highest BCUT2D eigenvalue weighted by Crippen LogP contribution is 2.22. The van der Waals surface area contributed by atoms with E-state index in [-0.39, 0.29) is 48.2 Å². The van der Waals surface area contributed by atoms with Gasteiger partial charge in [0.25, 0.3) is 0 Å². The molecule has 2 N–H and O–H groups in total. The fourth-order valence-electron chi connectivity index (χ4n) is 3.11. The van der Waals surface area contributed by atoms with E-state index in [4.69, 9.17) is 14.2 Å². The summed E-state index contributed by atoms with van der Waals surface area (Å²) in [4.78, 5) is 36.8. The van der Waals surface area contributed by atoms with Gasteiger partial charge in [-0.3, -0.25) is 0 Å². The Balaban J connectivity index is 1.72. The van der Waals surface area contributed by atoms with Crippen LogP contribution in [0, 0.1) is 5.82 Å². The van der Waals surface area contributed by atoms with Gasteiger partial charge in [0.1, 0.15) is 30.3 Å². The predicted octanol–water partition coefficient (Wildman–Crippen LogP) is 3.08. The summed E-state index contributed by atoms with van der Waals surface area (Å²) < 4.78 is 29.2. The second-order valence-electron chi connectivity index (χ2n) is 6.92. The van der Waals surface area contributed by atoms with E-state index in [1.165, 1.54) is 18.2 Å². The standard InChI is InChI=1S/C23H23FN2O6/c1-3-30-22(28)20-14(2)25-23(29)26-18(20)13-32-21(27)17-6-4-5-7-19(17)31-12-15-8-10-16(24)11-9-15/h4-11,14H,3,12-13H2,1-2H3,(H2,25,26,29). The lowest BCUT2D eigenvalue weighted by atomic mass is 10.0. The third-order valence-corrected chi connectivity index (χ3v) is 4.63. The van der Waals surface area contributed by atoms with Crippen molar-refractivity contribution in [2.45, 2.75) is 26.5 Å². The van der Waals surface area contributed by atoms with Crippen LogP contribution in [0.2, 0.25) is 0 Å². The SMILES string of the molecule is CCOC(=O)C1=C(COC(=O)c2ccccc2OCc2ccc(F)cc2)NC(=O)NC1C. The molecule has 3 rings (SSSR count). The van der Waals surface area contributed by atoms with Crippen LogP contribution >= 0.6 is 0 Å². The van der Waals surface area contributed by atoms with Gasteiger partial charge in [0.05, 0.1) is 23.9 Å². The lowest BCUT2D eigenvalue weighted by Gasteiger charge is -2.26. The van der Waals surface area contributed by atoms with Gasteiger partial charge in [-0.1, -0.05) is 24.3 Å². The van der Waals surface area contributed by atoms with E-state index >= 15 is 0 Å². The number of para-hydroxylation sites is 1. The topological polar surface area (TPSA) is 103 Å². The Morgan fingerprint density at radius 2 is 1.72 bits per heavy atom. The van der Waals surface area contributed by atoms with E-state index in [0.717, 1.165) is 5.56 Å². The van der Waals surface area contributed by atoms with Gasteiger partial charge in [-0.2, -0.15) is 0 Å². The highest BCUT2D eigenvalue weighted by molar-refractivity contribution is 5.95. The number of halogens is 1. The maximum absolute atomic E-state index is 13.1. The fourth-order valence-corrected chi connectivity index (χ4v) is 3.11. The van der Waals surface area contributed by atoms with Crippen molar-refractivity contribution < 1.29 is 33.0 Å². The number of ether oxygens (including phenoxy) is 3. The van der Waals surface area contributed by atoms with Crippen molar-refractivity contribution in [3.63, 3.8) is 0 Å². The molecule has 9 heteroatoms. The second kappa shape index (κ2) is 10.4. The fraction of sp³-hybridized carbons (Fsp3) is 0.261. The molecular formula is C23H23FN2O6. The molecule has 1 aliphatic rings. The van der Waals surface area contributed by atoms with Crippen molar-refractivity contribution in [2.24, 2.45) is 0 Å². The normalized spacial score (nSPS) is 15.5. The van der Waals surface area contributed by atoms with Crippen molar-refractivity contribution in [2.75, 3.05) is 13.2 Å². The van der Waals surface area contributed by atoms with Gasteiger partial charge in [0.2, 0.25) is 0 Å². The van der Waals surface area contributed by atoms with Crippen LogP contribution < -0.4 is 15.4 Å². The van der Waals surface area contributed by atoms with Crippen LogP contribution in [0.25, 0.3) is 0 Å². The van der Waals surface area contributed by atoms with Gasteiger partial charge in [-0.05, 0) is 43.7 Å². The molecule has 0 saturated heterocycles. The Hall–Kier alpha value is -3.88. The molecule has 8 nitrogen and oxygen atoms in total.